The Hall–Kier alpha value is -1.67. The smallest absolute Gasteiger partial charge is 0.253 e. The van der Waals surface area contributed by atoms with Crippen LogP contribution >= 0.6 is 22.6 Å². The normalized spacial score (nSPS) is 14.4. The van der Waals surface area contributed by atoms with Crippen molar-refractivity contribution in [2.75, 3.05) is 31.5 Å². The van der Waals surface area contributed by atoms with Crippen LogP contribution in [0.15, 0.2) is 36.4 Å². The van der Waals surface area contributed by atoms with Gasteiger partial charge < -0.3 is 15.5 Å². The molecule has 0 aliphatic carbocycles. The van der Waals surface area contributed by atoms with E-state index in [1.807, 2.05) is 25.1 Å². The zero-order valence-corrected chi connectivity index (χ0v) is 17.0. The Kier molecular flexibility index (Phi) is 6.48. The molecule has 1 fully saturated rings. The summed E-state index contributed by atoms with van der Waals surface area (Å²) in [7, 11) is 0. The van der Waals surface area contributed by atoms with Crippen LogP contribution in [0, 0.1) is 16.3 Å². The molecule has 0 spiro atoms. The summed E-state index contributed by atoms with van der Waals surface area (Å²) in [6, 6.07) is 10.4. The van der Waals surface area contributed by atoms with E-state index >= 15 is 0 Å². The van der Waals surface area contributed by atoms with Gasteiger partial charge in [-0.3, -0.25) is 4.79 Å². The quantitative estimate of drug-likeness (QED) is 0.623. The fraction of sp³-hybridized carbons (Fsp3) is 0.350. The maximum absolute atomic E-state index is 14.4. The van der Waals surface area contributed by atoms with Gasteiger partial charge in [-0.1, -0.05) is 6.07 Å². The number of carbonyl (C=O) groups is 1. The van der Waals surface area contributed by atoms with Gasteiger partial charge in [0.1, 0.15) is 5.82 Å². The molecule has 2 N–H and O–H groups in total. The molecule has 0 unspecified atom stereocenters. The second-order valence-electron chi connectivity index (χ2n) is 6.55. The van der Waals surface area contributed by atoms with E-state index in [2.05, 4.69) is 38.1 Å². The van der Waals surface area contributed by atoms with Crippen LogP contribution in [-0.4, -0.2) is 37.0 Å². The molecule has 0 atom stereocenters. The summed E-state index contributed by atoms with van der Waals surface area (Å²) < 4.78 is 15.5. The van der Waals surface area contributed by atoms with Crippen LogP contribution in [0.4, 0.5) is 15.8 Å². The van der Waals surface area contributed by atoms with Crippen molar-refractivity contribution in [2.45, 2.75) is 19.8 Å². The second kappa shape index (κ2) is 8.81. The highest BCUT2D eigenvalue weighted by atomic mass is 127. The SMILES string of the molecule is Cc1cc(I)ccc1Nc1c(F)cccc1C(=O)NCCN1CCCC1. The minimum absolute atomic E-state index is 0.218. The summed E-state index contributed by atoms with van der Waals surface area (Å²) in [4.78, 5) is 14.9. The fourth-order valence-corrected chi connectivity index (χ4v) is 3.82. The van der Waals surface area contributed by atoms with E-state index in [-0.39, 0.29) is 11.6 Å². The van der Waals surface area contributed by atoms with Crippen molar-refractivity contribution in [1.82, 2.24) is 10.2 Å². The summed E-state index contributed by atoms with van der Waals surface area (Å²) in [5.41, 5.74) is 2.34. The summed E-state index contributed by atoms with van der Waals surface area (Å²) in [6.45, 7) is 5.54. The first-order chi connectivity index (χ1) is 12.5. The van der Waals surface area contributed by atoms with E-state index < -0.39 is 5.82 Å². The highest BCUT2D eigenvalue weighted by Crippen LogP contribution is 2.27. The largest absolute Gasteiger partial charge is 0.352 e. The Labute approximate surface area is 167 Å². The van der Waals surface area contributed by atoms with Crippen LogP contribution in [0.1, 0.15) is 28.8 Å². The summed E-state index contributed by atoms with van der Waals surface area (Å²) in [5.74, 6) is -0.690. The molecule has 0 radical (unpaired) electrons. The number of benzene rings is 2. The number of hydrogen-bond acceptors (Lipinski definition) is 3. The van der Waals surface area contributed by atoms with Gasteiger partial charge in [-0.2, -0.15) is 0 Å². The molecule has 3 rings (SSSR count). The Morgan fingerprint density at radius 3 is 2.73 bits per heavy atom. The third-order valence-electron chi connectivity index (χ3n) is 4.62. The number of anilines is 2. The van der Waals surface area contributed by atoms with E-state index in [1.54, 1.807) is 12.1 Å². The molecule has 1 saturated heterocycles. The third kappa shape index (κ3) is 4.73. The minimum Gasteiger partial charge on any atom is -0.352 e. The van der Waals surface area contributed by atoms with Crippen molar-refractivity contribution in [3.8, 4) is 0 Å². The number of likely N-dealkylation sites (tertiary alicyclic amines) is 1. The Morgan fingerprint density at radius 2 is 2.00 bits per heavy atom. The predicted molar refractivity (Wildman–Crippen MR) is 112 cm³/mol. The van der Waals surface area contributed by atoms with Crippen LogP contribution in [-0.2, 0) is 0 Å². The molecular weight excluding hydrogens is 444 g/mol. The minimum atomic E-state index is -0.435. The lowest BCUT2D eigenvalue weighted by atomic mass is 10.1. The molecule has 4 nitrogen and oxygen atoms in total. The molecular formula is C20H23FIN3O. The zero-order chi connectivity index (χ0) is 18.5. The van der Waals surface area contributed by atoms with Crippen LogP contribution < -0.4 is 10.6 Å². The molecule has 2 aromatic rings. The number of hydrogen-bond donors (Lipinski definition) is 2. The molecule has 6 heteroatoms. The first-order valence-corrected chi connectivity index (χ1v) is 9.95. The van der Waals surface area contributed by atoms with Crippen molar-refractivity contribution in [1.29, 1.82) is 0 Å². The average molecular weight is 467 g/mol. The van der Waals surface area contributed by atoms with E-state index in [9.17, 15) is 9.18 Å². The van der Waals surface area contributed by atoms with Gasteiger partial charge in [-0.05, 0) is 91.3 Å². The van der Waals surface area contributed by atoms with E-state index in [4.69, 9.17) is 0 Å². The third-order valence-corrected chi connectivity index (χ3v) is 5.29. The van der Waals surface area contributed by atoms with Crippen LogP contribution in [0.5, 0.6) is 0 Å². The van der Waals surface area contributed by atoms with Crippen molar-refractivity contribution < 1.29 is 9.18 Å². The highest BCUT2D eigenvalue weighted by Gasteiger charge is 2.17. The molecule has 0 aromatic heterocycles. The predicted octanol–water partition coefficient (Wildman–Crippen LogP) is 4.31. The van der Waals surface area contributed by atoms with Gasteiger partial charge in [0, 0.05) is 22.3 Å². The maximum atomic E-state index is 14.4. The lowest BCUT2D eigenvalue weighted by Gasteiger charge is -2.17. The van der Waals surface area contributed by atoms with Crippen LogP contribution in [0.25, 0.3) is 0 Å². The molecule has 0 bridgehead atoms. The average Bonchev–Trinajstić information content (AvgIpc) is 3.12. The maximum Gasteiger partial charge on any atom is 0.253 e. The number of nitrogens with one attached hydrogen (secondary N) is 2. The Morgan fingerprint density at radius 1 is 1.23 bits per heavy atom. The van der Waals surface area contributed by atoms with Crippen LogP contribution in [0.3, 0.4) is 0 Å². The lowest BCUT2D eigenvalue weighted by molar-refractivity contribution is 0.0950. The number of para-hydroxylation sites is 1. The van der Waals surface area contributed by atoms with Gasteiger partial charge in [0.05, 0.1) is 11.3 Å². The van der Waals surface area contributed by atoms with Crippen molar-refractivity contribution in [3.05, 3.63) is 56.9 Å². The van der Waals surface area contributed by atoms with E-state index in [0.29, 0.717) is 12.1 Å². The molecule has 138 valence electrons. The molecule has 26 heavy (non-hydrogen) atoms. The summed E-state index contributed by atoms with van der Waals surface area (Å²) in [6.07, 6.45) is 2.45. The molecule has 2 aromatic carbocycles. The number of amides is 1. The Balaban J connectivity index is 1.72. The summed E-state index contributed by atoms with van der Waals surface area (Å²) in [5, 5.41) is 6.01. The molecule has 1 aliphatic heterocycles. The highest BCUT2D eigenvalue weighted by molar-refractivity contribution is 14.1. The first kappa shape index (κ1) is 19.1. The number of nitrogens with zero attached hydrogens (tertiary/aromatic N) is 1. The molecule has 1 heterocycles. The fourth-order valence-electron chi connectivity index (χ4n) is 3.17. The second-order valence-corrected chi connectivity index (χ2v) is 7.80. The van der Waals surface area contributed by atoms with Crippen molar-refractivity contribution >= 4 is 39.9 Å². The first-order valence-electron chi connectivity index (χ1n) is 8.87. The molecule has 0 saturated carbocycles. The number of carbonyl (C=O) groups excluding carboxylic acids is 1. The van der Waals surface area contributed by atoms with E-state index in [0.717, 1.165) is 34.5 Å². The summed E-state index contributed by atoms with van der Waals surface area (Å²) >= 11 is 2.24. The van der Waals surface area contributed by atoms with Gasteiger partial charge >= 0.3 is 0 Å². The molecule has 1 aliphatic rings. The van der Waals surface area contributed by atoms with Crippen molar-refractivity contribution in [2.24, 2.45) is 0 Å². The number of rotatable bonds is 6. The number of aryl methyl sites for hydroxylation is 1. The van der Waals surface area contributed by atoms with Gasteiger partial charge in [0.25, 0.3) is 5.91 Å². The molecule has 1 amide bonds. The Bertz CT molecular complexity index is 791. The zero-order valence-electron chi connectivity index (χ0n) is 14.8. The monoisotopic (exact) mass is 467 g/mol. The lowest BCUT2D eigenvalue weighted by Crippen LogP contribution is -2.33. The number of halogens is 2. The van der Waals surface area contributed by atoms with E-state index in [1.165, 1.54) is 18.9 Å². The standard InChI is InChI=1S/C20H23FIN3O/c1-14-13-15(22)7-8-18(14)24-19-16(5-4-6-17(19)21)20(26)23-9-12-25-10-2-3-11-25/h4-8,13,24H,2-3,9-12H2,1H3,(H,23,26). The van der Waals surface area contributed by atoms with Gasteiger partial charge in [0.15, 0.2) is 0 Å². The van der Waals surface area contributed by atoms with Gasteiger partial charge in [-0.15, -0.1) is 0 Å². The van der Waals surface area contributed by atoms with Gasteiger partial charge in [0.2, 0.25) is 0 Å². The van der Waals surface area contributed by atoms with Crippen LogP contribution in [0.2, 0.25) is 0 Å². The topological polar surface area (TPSA) is 44.4 Å². The van der Waals surface area contributed by atoms with Crippen molar-refractivity contribution in [3.63, 3.8) is 0 Å². The van der Waals surface area contributed by atoms with Gasteiger partial charge in [-0.25, -0.2) is 4.39 Å².